The van der Waals surface area contributed by atoms with Crippen LogP contribution in [-0.4, -0.2) is 15.4 Å². The fourth-order valence-electron chi connectivity index (χ4n) is 2.16. The minimum Gasteiger partial charge on any atom is -0.338 e. The molecule has 0 amide bonds. The van der Waals surface area contributed by atoms with E-state index in [4.69, 9.17) is 10.3 Å². The van der Waals surface area contributed by atoms with Gasteiger partial charge in [0.2, 0.25) is 5.89 Å². The third kappa shape index (κ3) is 3.71. The van der Waals surface area contributed by atoms with Gasteiger partial charge in [-0.1, -0.05) is 31.3 Å². The summed E-state index contributed by atoms with van der Waals surface area (Å²) in [7, 11) is 0. The van der Waals surface area contributed by atoms with Gasteiger partial charge in [0, 0.05) is 5.25 Å². The van der Waals surface area contributed by atoms with Crippen LogP contribution in [0.2, 0.25) is 0 Å². The minimum absolute atomic E-state index is 0.0993. The quantitative estimate of drug-likeness (QED) is 0.846. The fraction of sp³-hybridized carbons (Fsp3) is 0.833. The number of hydrogen-bond acceptors (Lipinski definition) is 5. The third-order valence-corrected chi connectivity index (χ3v) is 4.52. The van der Waals surface area contributed by atoms with Crippen LogP contribution in [0.1, 0.15) is 63.2 Å². The number of nitrogens with zero attached hydrogens (tertiary/aromatic N) is 2. The third-order valence-electron chi connectivity index (χ3n) is 3.15. The van der Waals surface area contributed by atoms with Gasteiger partial charge in [-0.3, -0.25) is 0 Å². The highest BCUT2D eigenvalue weighted by atomic mass is 32.2. The van der Waals surface area contributed by atoms with E-state index in [-0.39, 0.29) is 6.04 Å². The second-order valence-electron chi connectivity index (χ2n) is 4.66. The second kappa shape index (κ2) is 6.40. The zero-order valence-corrected chi connectivity index (χ0v) is 11.2. The Kier molecular flexibility index (Phi) is 4.86. The molecule has 17 heavy (non-hydrogen) atoms. The van der Waals surface area contributed by atoms with Gasteiger partial charge in [0.1, 0.15) is 0 Å². The Morgan fingerprint density at radius 2 is 2.24 bits per heavy atom. The maximum atomic E-state index is 5.93. The summed E-state index contributed by atoms with van der Waals surface area (Å²) in [5.74, 6) is 2.24. The van der Waals surface area contributed by atoms with Crippen LogP contribution in [0, 0.1) is 0 Å². The van der Waals surface area contributed by atoms with E-state index in [0.29, 0.717) is 5.89 Å². The van der Waals surface area contributed by atoms with Crippen LogP contribution in [0.4, 0.5) is 0 Å². The van der Waals surface area contributed by atoms with Gasteiger partial charge in [0.05, 0.1) is 11.8 Å². The summed E-state index contributed by atoms with van der Waals surface area (Å²) in [6.07, 6.45) is 7.36. The monoisotopic (exact) mass is 255 g/mol. The molecule has 0 aromatic carbocycles. The molecule has 1 aliphatic carbocycles. The Morgan fingerprint density at radius 1 is 1.47 bits per heavy atom. The van der Waals surface area contributed by atoms with Crippen molar-refractivity contribution in [3.05, 3.63) is 11.7 Å². The molecule has 1 aliphatic rings. The van der Waals surface area contributed by atoms with Crippen molar-refractivity contribution >= 4 is 11.8 Å². The number of hydrogen-bond donors (Lipinski definition) is 1. The predicted molar refractivity (Wildman–Crippen MR) is 69.7 cm³/mol. The molecule has 96 valence electrons. The lowest BCUT2D eigenvalue weighted by molar-refractivity contribution is 0.345. The van der Waals surface area contributed by atoms with Crippen molar-refractivity contribution in [1.82, 2.24) is 10.1 Å². The Bertz CT molecular complexity index is 336. The van der Waals surface area contributed by atoms with Crippen molar-refractivity contribution < 1.29 is 4.52 Å². The van der Waals surface area contributed by atoms with E-state index in [1.807, 2.05) is 11.8 Å². The van der Waals surface area contributed by atoms with Gasteiger partial charge >= 0.3 is 0 Å². The first-order valence-corrected chi connectivity index (χ1v) is 7.54. The number of nitrogens with two attached hydrogens (primary N) is 1. The maximum Gasteiger partial charge on any atom is 0.243 e. The van der Waals surface area contributed by atoms with E-state index >= 15 is 0 Å². The smallest absolute Gasteiger partial charge is 0.243 e. The average Bonchev–Trinajstić information content (AvgIpc) is 2.98. The fourth-order valence-corrected chi connectivity index (χ4v) is 3.33. The van der Waals surface area contributed by atoms with Gasteiger partial charge in [-0.25, -0.2) is 0 Å². The summed E-state index contributed by atoms with van der Waals surface area (Å²) in [5, 5.41) is 4.79. The van der Waals surface area contributed by atoms with Crippen LogP contribution >= 0.6 is 11.8 Å². The van der Waals surface area contributed by atoms with E-state index in [2.05, 4.69) is 17.1 Å². The molecule has 1 fully saturated rings. The normalized spacial score (nSPS) is 18.7. The molecule has 1 saturated carbocycles. The van der Waals surface area contributed by atoms with Crippen LogP contribution in [0.3, 0.4) is 0 Å². The predicted octanol–water partition coefficient (Wildman–Crippen LogP) is 3.05. The van der Waals surface area contributed by atoms with E-state index in [1.54, 1.807) is 0 Å². The SMILES string of the molecule is CCCC(N)c1nc(CSC2CCCC2)no1. The maximum absolute atomic E-state index is 5.93. The molecular weight excluding hydrogens is 234 g/mol. The first-order valence-electron chi connectivity index (χ1n) is 6.49. The van der Waals surface area contributed by atoms with Gasteiger partial charge < -0.3 is 10.3 Å². The van der Waals surface area contributed by atoms with Crippen molar-refractivity contribution in [3.63, 3.8) is 0 Å². The van der Waals surface area contributed by atoms with Crippen molar-refractivity contribution in [2.75, 3.05) is 0 Å². The Hall–Kier alpha value is -0.550. The summed E-state index contributed by atoms with van der Waals surface area (Å²) in [5.41, 5.74) is 5.93. The second-order valence-corrected chi connectivity index (χ2v) is 5.95. The molecule has 0 saturated heterocycles. The lowest BCUT2D eigenvalue weighted by atomic mass is 10.2. The molecule has 0 aliphatic heterocycles. The summed E-state index contributed by atoms with van der Waals surface area (Å²) < 4.78 is 5.19. The number of thioether (sulfide) groups is 1. The molecular formula is C12H21N3OS. The molecule has 0 spiro atoms. The molecule has 1 aromatic rings. The topological polar surface area (TPSA) is 64.9 Å². The first kappa shape index (κ1) is 12.9. The Morgan fingerprint density at radius 3 is 2.94 bits per heavy atom. The van der Waals surface area contributed by atoms with Gasteiger partial charge in [-0.15, -0.1) is 0 Å². The Balaban J connectivity index is 1.80. The van der Waals surface area contributed by atoms with E-state index in [1.165, 1.54) is 25.7 Å². The van der Waals surface area contributed by atoms with Crippen molar-refractivity contribution in [1.29, 1.82) is 0 Å². The average molecular weight is 255 g/mol. The highest BCUT2D eigenvalue weighted by molar-refractivity contribution is 7.99. The van der Waals surface area contributed by atoms with Crippen molar-refractivity contribution in [2.24, 2.45) is 5.73 Å². The Labute approximate surface area is 107 Å². The van der Waals surface area contributed by atoms with E-state index in [9.17, 15) is 0 Å². The minimum atomic E-state index is -0.0993. The van der Waals surface area contributed by atoms with Crippen LogP contribution < -0.4 is 5.73 Å². The number of rotatable bonds is 6. The van der Waals surface area contributed by atoms with Gasteiger partial charge in [-0.05, 0) is 19.3 Å². The van der Waals surface area contributed by atoms with Crippen molar-refractivity contribution in [3.8, 4) is 0 Å². The molecule has 0 radical (unpaired) electrons. The summed E-state index contributed by atoms with van der Waals surface area (Å²) in [4.78, 5) is 4.37. The first-order chi connectivity index (χ1) is 8.29. The molecule has 1 atom stereocenters. The van der Waals surface area contributed by atoms with Crippen LogP contribution in [0.5, 0.6) is 0 Å². The van der Waals surface area contributed by atoms with Gasteiger partial charge in [0.25, 0.3) is 0 Å². The molecule has 1 unspecified atom stereocenters. The highest BCUT2D eigenvalue weighted by Gasteiger charge is 2.18. The number of aromatic nitrogens is 2. The van der Waals surface area contributed by atoms with Gasteiger partial charge in [-0.2, -0.15) is 16.7 Å². The van der Waals surface area contributed by atoms with E-state index in [0.717, 1.165) is 29.7 Å². The molecule has 5 heteroatoms. The largest absolute Gasteiger partial charge is 0.338 e. The van der Waals surface area contributed by atoms with Crippen LogP contribution in [0.25, 0.3) is 0 Å². The van der Waals surface area contributed by atoms with E-state index < -0.39 is 0 Å². The molecule has 4 nitrogen and oxygen atoms in total. The molecule has 2 rings (SSSR count). The molecule has 1 heterocycles. The molecule has 1 aromatic heterocycles. The van der Waals surface area contributed by atoms with Crippen LogP contribution in [-0.2, 0) is 5.75 Å². The summed E-state index contributed by atoms with van der Waals surface area (Å²) in [6.45, 7) is 2.10. The van der Waals surface area contributed by atoms with Crippen LogP contribution in [0.15, 0.2) is 4.52 Å². The molecule has 0 bridgehead atoms. The summed E-state index contributed by atoms with van der Waals surface area (Å²) >= 11 is 1.95. The zero-order chi connectivity index (χ0) is 12.1. The molecule has 2 N–H and O–H groups in total. The van der Waals surface area contributed by atoms with Gasteiger partial charge in [0.15, 0.2) is 5.82 Å². The lowest BCUT2D eigenvalue weighted by Crippen LogP contribution is -2.10. The zero-order valence-electron chi connectivity index (χ0n) is 10.4. The highest BCUT2D eigenvalue weighted by Crippen LogP contribution is 2.31. The lowest BCUT2D eigenvalue weighted by Gasteiger charge is -2.05. The standard InChI is InChI=1S/C12H21N3OS/c1-2-5-10(13)12-14-11(15-16-12)8-17-9-6-3-4-7-9/h9-10H,2-8,13H2,1H3. The summed E-state index contributed by atoms with van der Waals surface area (Å²) in [6, 6.07) is -0.0993. The van der Waals surface area contributed by atoms with Crippen molar-refractivity contribution in [2.45, 2.75) is 62.5 Å².